The summed E-state index contributed by atoms with van der Waals surface area (Å²) in [6, 6.07) is 7.40. The van der Waals surface area contributed by atoms with E-state index in [1.807, 2.05) is 18.2 Å². The zero-order valence-electron chi connectivity index (χ0n) is 15.8. The van der Waals surface area contributed by atoms with Crippen LogP contribution in [0.5, 0.6) is 5.75 Å². The van der Waals surface area contributed by atoms with E-state index in [1.165, 1.54) is 36.3 Å². The molecule has 0 bridgehead atoms. The van der Waals surface area contributed by atoms with Crippen LogP contribution in [0.4, 0.5) is 4.79 Å². The van der Waals surface area contributed by atoms with Gasteiger partial charge in [-0.2, -0.15) is 0 Å². The van der Waals surface area contributed by atoms with Crippen molar-refractivity contribution in [1.29, 1.82) is 0 Å². The van der Waals surface area contributed by atoms with Crippen LogP contribution in [0.3, 0.4) is 0 Å². The zero-order chi connectivity index (χ0) is 21.8. The molecule has 1 aliphatic rings. The number of aliphatic hydroxyl groups excluding tert-OH is 1. The fourth-order valence-corrected chi connectivity index (χ4v) is 3.88. The number of allylic oxidation sites excluding steroid dienone is 5. The number of carboxylic acids is 1. The Morgan fingerprint density at radius 3 is 2.14 bits per heavy atom. The van der Waals surface area contributed by atoms with Gasteiger partial charge in [-0.15, -0.1) is 0 Å². The molecule has 0 unspecified atom stereocenters. The summed E-state index contributed by atoms with van der Waals surface area (Å²) in [5.74, 6) is -1.01. The van der Waals surface area contributed by atoms with Crippen molar-refractivity contribution in [2.75, 3.05) is 7.05 Å². The van der Waals surface area contributed by atoms with Crippen LogP contribution in [0.15, 0.2) is 90.6 Å². The van der Waals surface area contributed by atoms with E-state index in [9.17, 15) is 9.59 Å². The Balaban J connectivity index is 0.000000311. The highest BCUT2D eigenvalue weighted by atomic mass is 33.1. The molecule has 6 nitrogen and oxygen atoms in total. The molecule has 8 heteroatoms. The van der Waals surface area contributed by atoms with Crippen LogP contribution in [0, 0.1) is 0 Å². The molecule has 1 aromatic rings. The van der Waals surface area contributed by atoms with E-state index in [2.05, 4.69) is 25.1 Å². The number of benzene rings is 1. The minimum Gasteiger partial charge on any atom is -0.507 e. The number of hydrogen-bond donors (Lipinski definition) is 3. The summed E-state index contributed by atoms with van der Waals surface area (Å²) < 4.78 is 5.00. The van der Waals surface area contributed by atoms with Gasteiger partial charge in [0.1, 0.15) is 17.1 Å². The summed E-state index contributed by atoms with van der Waals surface area (Å²) in [4.78, 5) is 23.7. The van der Waals surface area contributed by atoms with Crippen molar-refractivity contribution in [3.8, 4) is 5.75 Å². The molecule has 0 spiro atoms. The fourth-order valence-electron chi connectivity index (χ4n) is 1.85. The monoisotopic (exact) mass is 431 g/mol. The topological polar surface area (TPSA) is 95.9 Å². The molecule has 1 heterocycles. The summed E-state index contributed by atoms with van der Waals surface area (Å²) in [5.41, 5.74) is 0.898. The molecule has 0 aromatic heterocycles. The van der Waals surface area contributed by atoms with Gasteiger partial charge in [-0.25, -0.2) is 9.59 Å². The highest BCUT2D eigenvalue weighted by Crippen LogP contribution is 2.48. The zero-order valence-corrected chi connectivity index (χ0v) is 17.4. The van der Waals surface area contributed by atoms with Crippen molar-refractivity contribution < 1.29 is 24.5 Å². The van der Waals surface area contributed by atoms with E-state index >= 15 is 0 Å². The Labute approximate surface area is 177 Å². The molecule has 0 saturated heterocycles. The maximum absolute atomic E-state index is 11.0. The summed E-state index contributed by atoms with van der Waals surface area (Å²) in [5, 5.41) is 20.1. The number of carbonyl (C=O) groups is 2. The first-order chi connectivity index (χ1) is 13.8. The minimum absolute atomic E-state index is 0.204. The summed E-state index contributed by atoms with van der Waals surface area (Å²) in [7, 11) is 4.87. The third-order valence-electron chi connectivity index (χ3n) is 3.15. The average Bonchev–Trinajstić information content (AvgIpc) is 3.13. The number of nitrogens with one attached hydrogen (secondary N) is 1. The van der Waals surface area contributed by atoms with E-state index < -0.39 is 12.1 Å². The predicted molar refractivity (Wildman–Crippen MR) is 121 cm³/mol. The second-order valence-corrected chi connectivity index (χ2v) is 7.51. The SMILES string of the molecule is C=C/C=C(O)\C(=C/C=C)C(=O)O.C=C1C=C(c2ccc(OC(=O)NC)cc2)SS1. The van der Waals surface area contributed by atoms with Gasteiger partial charge in [0.15, 0.2) is 0 Å². The molecule has 1 aromatic carbocycles. The molecule has 0 saturated carbocycles. The molecule has 1 amide bonds. The first kappa shape index (κ1) is 23.9. The third kappa shape index (κ3) is 8.20. The van der Waals surface area contributed by atoms with Crippen LogP contribution < -0.4 is 10.1 Å². The molecule has 0 radical (unpaired) electrons. The second kappa shape index (κ2) is 12.4. The summed E-state index contributed by atoms with van der Waals surface area (Å²) >= 11 is 0. The number of carbonyl (C=O) groups excluding carboxylic acids is 1. The molecular weight excluding hydrogens is 410 g/mol. The second-order valence-electron chi connectivity index (χ2n) is 5.21. The van der Waals surface area contributed by atoms with Gasteiger partial charge in [0.25, 0.3) is 0 Å². The molecule has 0 fully saturated rings. The Morgan fingerprint density at radius 1 is 1.07 bits per heavy atom. The highest BCUT2D eigenvalue weighted by molar-refractivity contribution is 8.82. The maximum Gasteiger partial charge on any atom is 0.412 e. The van der Waals surface area contributed by atoms with Gasteiger partial charge in [0.05, 0.1) is 0 Å². The minimum atomic E-state index is -1.20. The first-order valence-corrected chi connectivity index (χ1v) is 10.3. The summed E-state index contributed by atoms with van der Waals surface area (Å²) in [6.45, 7) is 10.5. The number of aliphatic hydroxyl groups is 1. The van der Waals surface area contributed by atoms with E-state index in [1.54, 1.807) is 33.7 Å². The molecule has 3 N–H and O–H groups in total. The van der Waals surface area contributed by atoms with E-state index in [4.69, 9.17) is 14.9 Å². The number of carboxylic acid groups (broad SMARTS) is 1. The van der Waals surface area contributed by atoms with Gasteiger partial charge < -0.3 is 20.3 Å². The predicted octanol–water partition coefficient (Wildman–Crippen LogP) is 5.47. The Bertz CT molecular complexity index is 883. The third-order valence-corrected chi connectivity index (χ3v) is 5.53. The number of amides is 1. The number of hydrogen-bond acceptors (Lipinski definition) is 6. The molecule has 152 valence electrons. The Kier molecular flexibility index (Phi) is 10.2. The van der Waals surface area contributed by atoms with Crippen molar-refractivity contribution in [2.24, 2.45) is 0 Å². The fraction of sp³-hybridized carbons (Fsp3) is 0.0476. The smallest absolute Gasteiger partial charge is 0.412 e. The lowest BCUT2D eigenvalue weighted by molar-refractivity contribution is -0.132. The summed E-state index contributed by atoms with van der Waals surface area (Å²) in [6.07, 6.45) is 6.58. The van der Waals surface area contributed by atoms with E-state index in [0.717, 1.165) is 10.5 Å². The van der Waals surface area contributed by atoms with Gasteiger partial charge in [0.2, 0.25) is 0 Å². The van der Waals surface area contributed by atoms with Gasteiger partial charge in [-0.05, 0) is 35.9 Å². The van der Waals surface area contributed by atoms with Crippen LogP contribution in [0.25, 0.3) is 4.91 Å². The van der Waals surface area contributed by atoms with Gasteiger partial charge in [0, 0.05) is 16.9 Å². The van der Waals surface area contributed by atoms with Crippen molar-refractivity contribution in [2.45, 2.75) is 0 Å². The van der Waals surface area contributed by atoms with E-state index in [0.29, 0.717) is 5.75 Å². The van der Waals surface area contributed by atoms with Crippen LogP contribution >= 0.6 is 21.6 Å². The lowest BCUT2D eigenvalue weighted by atomic mass is 10.2. The highest BCUT2D eigenvalue weighted by Gasteiger charge is 2.12. The van der Waals surface area contributed by atoms with Crippen LogP contribution in [0.2, 0.25) is 0 Å². The molecule has 0 aliphatic carbocycles. The van der Waals surface area contributed by atoms with Crippen molar-refractivity contribution in [3.63, 3.8) is 0 Å². The first-order valence-electron chi connectivity index (χ1n) is 8.15. The molecular formula is C21H21NO5S2. The molecule has 1 aliphatic heterocycles. The van der Waals surface area contributed by atoms with Crippen LogP contribution in [-0.2, 0) is 4.79 Å². The Hall–Kier alpha value is -3.10. The molecule has 0 atom stereocenters. The standard InChI is InChI=1S/C12H11NO2S2.C9H10O3/c1-8-7-11(17-16-8)9-3-5-10(6-4-9)15-12(14)13-2;1-3-5-7(9(11)12)8(10)6-4-2/h3-7H,1H2,2H3,(H,13,14);3-6,10H,1-2H2,(H,11,12)/b;7-5+,8-6+. The van der Waals surface area contributed by atoms with Crippen molar-refractivity contribution >= 4 is 38.6 Å². The molecule has 29 heavy (non-hydrogen) atoms. The van der Waals surface area contributed by atoms with Gasteiger partial charge in [-0.1, -0.05) is 65.6 Å². The normalized spacial score (nSPS) is 13.6. The lowest BCUT2D eigenvalue weighted by Gasteiger charge is -2.04. The maximum atomic E-state index is 11.0. The van der Waals surface area contributed by atoms with Crippen LogP contribution in [0.1, 0.15) is 5.56 Å². The van der Waals surface area contributed by atoms with E-state index in [-0.39, 0.29) is 11.3 Å². The lowest BCUT2D eigenvalue weighted by Crippen LogP contribution is -2.21. The number of rotatable bonds is 6. The van der Waals surface area contributed by atoms with Crippen molar-refractivity contribution in [3.05, 3.63) is 96.2 Å². The quantitative estimate of drug-likeness (QED) is 0.238. The van der Waals surface area contributed by atoms with Gasteiger partial charge >= 0.3 is 12.1 Å². The average molecular weight is 432 g/mol. The largest absolute Gasteiger partial charge is 0.507 e. The Morgan fingerprint density at radius 2 is 1.69 bits per heavy atom. The number of aliphatic carboxylic acids is 1. The van der Waals surface area contributed by atoms with Gasteiger partial charge in [-0.3, -0.25) is 0 Å². The number of ether oxygens (including phenoxy) is 1. The van der Waals surface area contributed by atoms with Crippen LogP contribution in [-0.4, -0.2) is 29.3 Å². The van der Waals surface area contributed by atoms with Crippen molar-refractivity contribution in [1.82, 2.24) is 5.32 Å². The molecule has 2 rings (SSSR count).